The first-order chi connectivity index (χ1) is 6.22. The fourth-order valence-electron chi connectivity index (χ4n) is 1.20. The van der Waals surface area contributed by atoms with Gasteiger partial charge < -0.3 is 5.11 Å². The summed E-state index contributed by atoms with van der Waals surface area (Å²) in [6.45, 7) is 2.01. The van der Waals surface area contributed by atoms with Crippen LogP contribution in [0, 0.1) is 0 Å². The molecule has 0 bridgehead atoms. The SMILES string of the molecule is CCC(O)CCCc1ccc(Cl)s1. The van der Waals surface area contributed by atoms with E-state index < -0.39 is 0 Å². The molecule has 1 aromatic rings. The molecule has 1 unspecified atom stereocenters. The summed E-state index contributed by atoms with van der Waals surface area (Å²) in [5, 5.41) is 9.32. The maximum Gasteiger partial charge on any atom is 0.0931 e. The lowest BCUT2D eigenvalue weighted by molar-refractivity contribution is 0.158. The summed E-state index contributed by atoms with van der Waals surface area (Å²) in [5.41, 5.74) is 0. The second-order valence-corrected chi connectivity index (χ2v) is 4.96. The van der Waals surface area contributed by atoms with E-state index in [0.717, 1.165) is 30.0 Å². The Balaban J connectivity index is 2.20. The van der Waals surface area contributed by atoms with Crippen LogP contribution in [0.1, 0.15) is 31.1 Å². The molecule has 0 aliphatic carbocycles. The molecule has 0 aliphatic rings. The van der Waals surface area contributed by atoms with E-state index in [1.54, 1.807) is 11.3 Å². The van der Waals surface area contributed by atoms with Gasteiger partial charge in [0.05, 0.1) is 10.4 Å². The Bertz CT molecular complexity index is 247. The van der Waals surface area contributed by atoms with Crippen LogP contribution < -0.4 is 0 Å². The average Bonchev–Trinajstić information content (AvgIpc) is 2.51. The van der Waals surface area contributed by atoms with E-state index in [4.69, 9.17) is 11.6 Å². The number of aryl methyl sites for hydroxylation is 1. The van der Waals surface area contributed by atoms with Crippen LogP contribution in [0.5, 0.6) is 0 Å². The van der Waals surface area contributed by atoms with Gasteiger partial charge in [0.1, 0.15) is 0 Å². The largest absolute Gasteiger partial charge is 0.393 e. The second kappa shape index (κ2) is 5.63. The third-order valence-corrected chi connectivity index (χ3v) is 3.35. The Hall–Kier alpha value is -0.0500. The van der Waals surface area contributed by atoms with Crippen molar-refractivity contribution >= 4 is 22.9 Å². The van der Waals surface area contributed by atoms with Gasteiger partial charge in [-0.25, -0.2) is 0 Å². The zero-order chi connectivity index (χ0) is 9.68. The van der Waals surface area contributed by atoms with Gasteiger partial charge in [-0.2, -0.15) is 0 Å². The molecule has 1 heterocycles. The van der Waals surface area contributed by atoms with Crippen LogP contribution in [0.3, 0.4) is 0 Å². The first-order valence-corrected chi connectivity index (χ1v) is 5.84. The number of hydrogen-bond acceptors (Lipinski definition) is 2. The zero-order valence-electron chi connectivity index (χ0n) is 7.79. The van der Waals surface area contributed by atoms with Gasteiger partial charge in [-0.1, -0.05) is 18.5 Å². The minimum atomic E-state index is -0.129. The van der Waals surface area contributed by atoms with Gasteiger partial charge in [0.15, 0.2) is 0 Å². The Kier molecular flexibility index (Phi) is 4.78. The van der Waals surface area contributed by atoms with Crippen LogP contribution in [-0.4, -0.2) is 11.2 Å². The van der Waals surface area contributed by atoms with E-state index >= 15 is 0 Å². The van der Waals surface area contributed by atoms with Crippen molar-refractivity contribution in [2.45, 2.75) is 38.7 Å². The summed E-state index contributed by atoms with van der Waals surface area (Å²) in [6.07, 6.45) is 3.70. The van der Waals surface area contributed by atoms with Crippen molar-refractivity contribution in [1.82, 2.24) is 0 Å². The van der Waals surface area contributed by atoms with Crippen molar-refractivity contribution < 1.29 is 5.11 Å². The van der Waals surface area contributed by atoms with E-state index in [2.05, 4.69) is 6.07 Å². The monoisotopic (exact) mass is 218 g/mol. The normalized spacial score (nSPS) is 13.2. The minimum Gasteiger partial charge on any atom is -0.393 e. The Labute approximate surface area is 88.4 Å². The van der Waals surface area contributed by atoms with Gasteiger partial charge in [-0.15, -0.1) is 11.3 Å². The highest BCUT2D eigenvalue weighted by Crippen LogP contribution is 2.23. The van der Waals surface area contributed by atoms with E-state index in [-0.39, 0.29) is 6.10 Å². The molecule has 0 amide bonds. The van der Waals surface area contributed by atoms with E-state index in [9.17, 15) is 5.11 Å². The third-order valence-electron chi connectivity index (χ3n) is 2.06. The van der Waals surface area contributed by atoms with Crippen LogP contribution in [0.15, 0.2) is 12.1 Å². The van der Waals surface area contributed by atoms with Gasteiger partial charge >= 0.3 is 0 Å². The molecule has 0 aliphatic heterocycles. The molecule has 1 nitrogen and oxygen atoms in total. The smallest absolute Gasteiger partial charge is 0.0931 e. The maximum atomic E-state index is 9.32. The van der Waals surface area contributed by atoms with E-state index in [1.165, 1.54) is 4.88 Å². The van der Waals surface area contributed by atoms with Gasteiger partial charge in [0, 0.05) is 4.88 Å². The quantitative estimate of drug-likeness (QED) is 0.802. The second-order valence-electron chi connectivity index (χ2n) is 3.16. The number of thiophene rings is 1. The van der Waals surface area contributed by atoms with Gasteiger partial charge in [-0.05, 0) is 37.8 Å². The van der Waals surface area contributed by atoms with Gasteiger partial charge in [0.2, 0.25) is 0 Å². The number of halogens is 1. The highest BCUT2D eigenvalue weighted by Gasteiger charge is 2.02. The maximum absolute atomic E-state index is 9.32. The summed E-state index contributed by atoms with van der Waals surface area (Å²) in [6, 6.07) is 3.99. The summed E-state index contributed by atoms with van der Waals surface area (Å²) in [5.74, 6) is 0. The fourth-order valence-corrected chi connectivity index (χ4v) is 2.33. The van der Waals surface area contributed by atoms with E-state index in [1.807, 2.05) is 13.0 Å². The van der Waals surface area contributed by atoms with Crippen LogP contribution in [0.2, 0.25) is 4.34 Å². The van der Waals surface area contributed by atoms with E-state index in [0.29, 0.717) is 0 Å². The minimum absolute atomic E-state index is 0.129. The molecule has 0 saturated carbocycles. The van der Waals surface area contributed by atoms with Gasteiger partial charge in [0.25, 0.3) is 0 Å². The number of aliphatic hydroxyl groups is 1. The van der Waals surface area contributed by atoms with Crippen LogP contribution in [0.4, 0.5) is 0 Å². The summed E-state index contributed by atoms with van der Waals surface area (Å²) in [7, 11) is 0. The molecule has 3 heteroatoms. The van der Waals surface area contributed by atoms with Crippen molar-refractivity contribution in [2.75, 3.05) is 0 Å². The fraction of sp³-hybridized carbons (Fsp3) is 0.600. The molecule has 0 spiro atoms. The Morgan fingerprint density at radius 2 is 2.31 bits per heavy atom. The highest BCUT2D eigenvalue weighted by atomic mass is 35.5. The number of rotatable bonds is 5. The van der Waals surface area contributed by atoms with Crippen molar-refractivity contribution in [2.24, 2.45) is 0 Å². The highest BCUT2D eigenvalue weighted by molar-refractivity contribution is 7.16. The van der Waals surface area contributed by atoms with Crippen molar-refractivity contribution in [1.29, 1.82) is 0 Å². The predicted molar refractivity (Wildman–Crippen MR) is 58.6 cm³/mol. The number of aliphatic hydroxyl groups excluding tert-OH is 1. The van der Waals surface area contributed by atoms with Crippen LogP contribution in [0.25, 0.3) is 0 Å². The summed E-state index contributed by atoms with van der Waals surface area (Å²) >= 11 is 7.43. The molecule has 13 heavy (non-hydrogen) atoms. The molecule has 0 aromatic carbocycles. The van der Waals surface area contributed by atoms with Crippen molar-refractivity contribution in [3.8, 4) is 0 Å². The molecule has 1 N–H and O–H groups in total. The molecule has 0 fully saturated rings. The Morgan fingerprint density at radius 1 is 1.54 bits per heavy atom. The average molecular weight is 219 g/mol. The molecule has 0 radical (unpaired) electrons. The lowest BCUT2D eigenvalue weighted by Gasteiger charge is -2.05. The topological polar surface area (TPSA) is 20.2 Å². The molecular weight excluding hydrogens is 204 g/mol. The number of hydrogen-bond donors (Lipinski definition) is 1. The first-order valence-electron chi connectivity index (χ1n) is 4.64. The standard InChI is InChI=1S/C10H15ClOS/c1-2-8(12)4-3-5-9-6-7-10(11)13-9/h6-8,12H,2-5H2,1H3. The lowest BCUT2D eigenvalue weighted by atomic mass is 10.1. The summed E-state index contributed by atoms with van der Waals surface area (Å²) < 4.78 is 0.853. The lowest BCUT2D eigenvalue weighted by Crippen LogP contribution is -2.03. The van der Waals surface area contributed by atoms with Crippen LogP contribution >= 0.6 is 22.9 Å². The molecule has 1 atom stereocenters. The Morgan fingerprint density at radius 3 is 2.85 bits per heavy atom. The predicted octanol–water partition coefficient (Wildman–Crippen LogP) is 3.50. The zero-order valence-corrected chi connectivity index (χ0v) is 9.37. The first kappa shape index (κ1) is 11.0. The van der Waals surface area contributed by atoms with Gasteiger partial charge in [-0.3, -0.25) is 0 Å². The van der Waals surface area contributed by atoms with Crippen LogP contribution in [-0.2, 0) is 6.42 Å². The van der Waals surface area contributed by atoms with Crippen molar-refractivity contribution in [3.63, 3.8) is 0 Å². The molecule has 0 saturated heterocycles. The molecule has 74 valence electrons. The summed E-state index contributed by atoms with van der Waals surface area (Å²) in [4.78, 5) is 1.31. The third kappa shape index (κ3) is 4.12. The van der Waals surface area contributed by atoms with Crippen molar-refractivity contribution in [3.05, 3.63) is 21.3 Å². The molecule has 1 rings (SSSR count). The molecular formula is C10H15ClOS. The molecule has 1 aromatic heterocycles.